The number of aromatic nitrogens is 4. The van der Waals surface area contributed by atoms with Crippen LogP contribution in [0.3, 0.4) is 0 Å². The number of carbonyl (C=O) groups excluding carboxylic acids is 2. The second kappa shape index (κ2) is 7.89. The Morgan fingerprint density at radius 3 is 2.79 bits per heavy atom. The molecule has 5 N–H and O–H groups in total. The van der Waals surface area contributed by atoms with E-state index in [1.54, 1.807) is 18.3 Å². The third-order valence-electron chi connectivity index (χ3n) is 5.27. The number of carbonyl (C=O) groups is 3. The molecule has 2 amide bonds. The molecule has 0 radical (unpaired) electrons. The van der Waals surface area contributed by atoms with Crippen molar-refractivity contribution in [2.45, 2.75) is 31.8 Å². The van der Waals surface area contributed by atoms with E-state index in [1.165, 1.54) is 16.6 Å². The summed E-state index contributed by atoms with van der Waals surface area (Å²) in [7, 11) is 0. The maximum Gasteiger partial charge on any atom is 0.339 e. The van der Waals surface area contributed by atoms with Gasteiger partial charge in [-0.15, -0.1) is 0 Å². The van der Waals surface area contributed by atoms with Crippen LogP contribution in [0.2, 0.25) is 0 Å². The lowest BCUT2D eigenvalue weighted by Gasteiger charge is -2.11. The van der Waals surface area contributed by atoms with Gasteiger partial charge in [-0.1, -0.05) is 6.07 Å². The second-order valence-corrected chi connectivity index (χ2v) is 7.86. The summed E-state index contributed by atoms with van der Waals surface area (Å²) >= 11 is 0. The third kappa shape index (κ3) is 4.18. The van der Waals surface area contributed by atoms with E-state index in [-0.39, 0.29) is 42.2 Å². The smallest absolute Gasteiger partial charge is 0.339 e. The number of nitrogens with zero attached hydrogens (tertiary/aromatic N) is 4. The van der Waals surface area contributed by atoms with Crippen LogP contribution in [0.1, 0.15) is 40.7 Å². The summed E-state index contributed by atoms with van der Waals surface area (Å²) in [6.45, 7) is 0.209. The number of nitrogens with one attached hydrogen (secondary N) is 3. The van der Waals surface area contributed by atoms with Crippen molar-refractivity contribution in [1.29, 1.82) is 0 Å². The summed E-state index contributed by atoms with van der Waals surface area (Å²) in [6, 6.07) is 4.58. The Kier molecular flexibility index (Phi) is 4.89. The Bertz CT molecular complexity index is 1340. The van der Waals surface area contributed by atoms with Gasteiger partial charge in [0.25, 0.3) is 5.91 Å². The average molecular weight is 449 g/mol. The van der Waals surface area contributed by atoms with E-state index >= 15 is 0 Å². The fourth-order valence-electron chi connectivity index (χ4n) is 3.43. The number of aromatic carboxylic acids is 1. The van der Waals surface area contributed by atoms with Gasteiger partial charge in [-0.25, -0.2) is 4.79 Å². The molecule has 3 heterocycles. The van der Waals surface area contributed by atoms with Crippen LogP contribution in [-0.4, -0.2) is 53.6 Å². The van der Waals surface area contributed by atoms with Crippen LogP contribution in [0.25, 0.3) is 11.7 Å². The topological polar surface area (TPSA) is 171 Å². The number of hydrogen-bond acceptors (Lipinski definition) is 9. The lowest BCUT2D eigenvalue weighted by Crippen LogP contribution is -2.19. The van der Waals surface area contributed by atoms with Crippen molar-refractivity contribution < 1.29 is 24.6 Å². The molecule has 2 aliphatic rings. The van der Waals surface area contributed by atoms with Gasteiger partial charge < -0.3 is 20.8 Å². The zero-order chi connectivity index (χ0) is 23.1. The number of benzene rings is 1. The molecule has 3 aromatic rings. The van der Waals surface area contributed by atoms with Gasteiger partial charge in [0.2, 0.25) is 17.8 Å². The largest absolute Gasteiger partial charge is 0.507 e. The van der Waals surface area contributed by atoms with Crippen LogP contribution in [0.4, 0.5) is 11.9 Å². The predicted molar refractivity (Wildman–Crippen MR) is 116 cm³/mol. The molecule has 1 saturated heterocycles. The van der Waals surface area contributed by atoms with E-state index in [0.717, 1.165) is 12.8 Å². The zero-order valence-electron chi connectivity index (χ0n) is 17.2. The first-order chi connectivity index (χ1) is 15.9. The molecule has 0 atom stereocenters. The number of carboxylic acids is 1. The van der Waals surface area contributed by atoms with Crippen molar-refractivity contribution in [1.82, 2.24) is 24.9 Å². The van der Waals surface area contributed by atoms with Crippen LogP contribution in [-0.2, 0) is 16.1 Å². The highest BCUT2D eigenvalue weighted by Crippen LogP contribution is 2.26. The maximum atomic E-state index is 11.9. The molecule has 12 nitrogen and oxygen atoms in total. The molecule has 0 bridgehead atoms. The molecule has 2 aromatic heterocycles. The summed E-state index contributed by atoms with van der Waals surface area (Å²) in [5, 5.41) is 31.8. The van der Waals surface area contributed by atoms with Gasteiger partial charge >= 0.3 is 5.97 Å². The molecule has 0 spiro atoms. The minimum absolute atomic E-state index is 0.00763. The molecule has 1 aliphatic carbocycles. The lowest BCUT2D eigenvalue weighted by atomic mass is 10.1. The SMILES string of the molecule is O=C1C/C(=C\c2cnn3c(NC4CC4)nc(NCc4ccc(O)c(C(=O)O)c4)nc23)C(=O)N1. The van der Waals surface area contributed by atoms with Crippen molar-refractivity contribution in [3.63, 3.8) is 0 Å². The number of carboxylic acid groups (broad SMARTS) is 1. The summed E-state index contributed by atoms with van der Waals surface area (Å²) in [6.07, 6.45) is 5.15. The molecule has 2 fully saturated rings. The van der Waals surface area contributed by atoms with Gasteiger partial charge in [0.15, 0.2) is 5.65 Å². The monoisotopic (exact) mass is 449 g/mol. The number of fused-ring (bicyclic) bond motifs is 1. The van der Waals surface area contributed by atoms with Crippen LogP contribution in [0.5, 0.6) is 5.75 Å². The van der Waals surface area contributed by atoms with E-state index in [0.29, 0.717) is 28.3 Å². The standard InChI is InChI=1S/C21H19N7O5/c29-15-4-1-10(5-14(15)19(32)33)8-22-20-26-17-12(6-11-7-16(30)25-18(11)31)9-23-28(17)21(27-20)24-13-2-3-13/h1,4-6,9,13,29H,2-3,7-8H2,(H,32,33)(H,25,30,31)(H2,22,24,26,27)/b11-6+. The average Bonchev–Trinajstić information content (AvgIpc) is 3.41. The fraction of sp³-hybridized carbons (Fsp3) is 0.238. The molecule has 1 aliphatic heterocycles. The van der Waals surface area contributed by atoms with Crippen LogP contribution in [0, 0.1) is 0 Å². The van der Waals surface area contributed by atoms with E-state index in [4.69, 9.17) is 0 Å². The number of aromatic hydroxyl groups is 1. The van der Waals surface area contributed by atoms with Gasteiger partial charge in [0, 0.05) is 23.7 Å². The van der Waals surface area contributed by atoms with Crippen molar-refractivity contribution in [2.75, 3.05) is 10.6 Å². The summed E-state index contributed by atoms with van der Waals surface area (Å²) in [4.78, 5) is 43.7. The highest BCUT2D eigenvalue weighted by molar-refractivity contribution is 6.15. The van der Waals surface area contributed by atoms with Gasteiger partial charge in [-0.3, -0.25) is 14.9 Å². The lowest BCUT2D eigenvalue weighted by molar-refractivity contribution is -0.124. The third-order valence-corrected chi connectivity index (χ3v) is 5.27. The minimum Gasteiger partial charge on any atom is -0.507 e. The summed E-state index contributed by atoms with van der Waals surface area (Å²) in [5.41, 5.74) is 1.73. The van der Waals surface area contributed by atoms with Crippen LogP contribution < -0.4 is 16.0 Å². The first-order valence-corrected chi connectivity index (χ1v) is 10.2. The molecular formula is C21H19N7O5. The first kappa shape index (κ1) is 20.4. The number of amides is 2. The molecular weight excluding hydrogens is 430 g/mol. The van der Waals surface area contributed by atoms with E-state index < -0.39 is 11.9 Å². The number of hydrogen-bond donors (Lipinski definition) is 5. The van der Waals surface area contributed by atoms with Gasteiger partial charge in [-0.05, 0) is 36.6 Å². The first-order valence-electron chi connectivity index (χ1n) is 10.2. The van der Waals surface area contributed by atoms with Crippen LogP contribution >= 0.6 is 0 Å². The number of phenols is 1. The molecule has 33 heavy (non-hydrogen) atoms. The fourth-order valence-corrected chi connectivity index (χ4v) is 3.43. The number of rotatable bonds is 7. The van der Waals surface area contributed by atoms with E-state index in [9.17, 15) is 24.6 Å². The van der Waals surface area contributed by atoms with Gasteiger partial charge in [0.1, 0.15) is 11.3 Å². The quantitative estimate of drug-likeness (QED) is 0.260. The minimum atomic E-state index is -1.23. The Morgan fingerprint density at radius 2 is 2.09 bits per heavy atom. The van der Waals surface area contributed by atoms with E-state index in [2.05, 4.69) is 31.0 Å². The molecule has 1 aromatic carbocycles. The Morgan fingerprint density at radius 1 is 1.27 bits per heavy atom. The highest BCUT2D eigenvalue weighted by atomic mass is 16.4. The predicted octanol–water partition coefficient (Wildman–Crippen LogP) is 1.14. The van der Waals surface area contributed by atoms with Crippen molar-refractivity contribution in [3.05, 3.63) is 46.7 Å². The Labute approximate surface area is 186 Å². The number of anilines is 2. The molecule has 168 valence electrons. The van der Waals surface area contributed by atoms with E-state index in [1.807, 2.05) is 0 Å². The molecule has 0 unspecified atom stereocenters. The Balaban J connectivity index is 1.47. The summed E-state index contributed by atoms with van der Waals surface area (Å²) in [5.74, 6) is -1.60. The van der Waals surface area contributed by atoms with Gasteiger partial charge in [-0.2, -0.15) is 19.6 Å². The Hall–Kier alpha value is -4.48. The molecule has 1 saturated carbocycles. The maximum absolute atomic E-state index is 11.9. The molecule has 12 heteroatoms. The summed E-state index contributed by atoms with van der Waals surface area (Å²) < 4.78 is 1.54. The molecule has 5 rings (SSSR count). The second-order valence-electron chi connectivity index (χ2n) is 7.86. The van der Waals surface area contributed by atoms with Crippen molar-refractivity contribution >= 4 is 41.4 Å². The normalized spacial score (nSPS) is 16.9. The van der Waals surface area contributed by atoms with Crippen molar-refractivity contribution in [3.8, 4) is 5.75 Å². The van der Waals surface area contributed by atoms with Crippen LogP contribution in [0.15, 0.2) is 30.0 Å². The van der Waals surface area contributed by atoms with Crippen molar-refractivity contribution in [2.24, 2.45) is 0 Å². The zero-order valence-corrected chi connectivity index (χ0v) is 17.2. The van der Waals surface area contributed by atoms with Gasteiger partial charge in [0.05, 0.1) is 12.6 Å². The highest BCUT2D eigenvalue weighted by Gasteiger charge is 2.26. The number of imide groups is 1.